The van der Waals surface area contributed by atoms with Crippen LogP contribution in [0.4, 0.5) is 11.5 Å². The Kier molecular flexibility index (Phi) is 4.79. The molecular formula is C15H18ClN3O. The molecule has 0 atom stereocenters. The van der Waals surface area contributed by atoms with Crippen molar-refractivity contribution in [2.24, 2.45) is 0 Å². The van der Waals surface area contributed by atoms with E-state index in [4.69, 9.17) is 16.3 Å². The molecule has 2 rings (SSSR count). The van der Waals surface area contributed by atoms with Gasteiger partial charge in [0.1, 0.15) is 22.5 Å². The number of ether oxygens (including phenoxy) is 1. The molecule has 1 aromatic heterocycles. The molecule has 20 heavy (non-hydrogen) atoms. The van der Waals surface area contributed by atoms with Crippen molar-refractivity contribution in [2.45, 2.75) is 26.7 Å². The van der Waals surface area contributed by atoms with Crippen molar-refractivity contribution in [1.82, 2.24) is 9.97 Å². The molecule has 0 saturated heterocycles. The number of hydrogen-bond acceptors (Lipinski definition) is 4. The molecule has 0 aliphatic rings. The van der Waals surface area contributed by atoms with Crippen molar-refractivity contribution in [2.75, 3.05) is 12.4 Å². The summed E-state index contributed by atoms with van der Waals surface area (Å²) < 4.78 is 5.34. The molecule has 2 aromatic rings. The summed E-state index contributed by atoms with van der Waals surface area (Å²) >= 11 is 6.03. The zero-order valence-electron chi connectivity index (χ0n) is 11.9. The second-order valence-electron chi connectivity index (χ2n) is 4.57. The number of hydrogen-bond donors (Lipinski definition) is 1. The summed E-state index contributed by atoms with van der Waals surface area (Å²) in [5.41, 5.74) is 2.01. The van der Waals surface area contributed by atoms with Crippen LogP contribution in [0.1, 0.15) is 24.7 Å². The lowest BCUT2D eigenvalue weighted by molar-refractivity contribution is 0.416. The Labute approximate surface area is 124 Å². The number of rotatable bonds is 5. The maximum absolute atomic E-state index is 6.03. The predicted octanol–water partition coefficient (Wildman–Crippen LogP) is 4.14. The van der Waals surface area contributed by atoms with E-state index in [-0.39, 0.29) is 0 Å². The first kappa shape index (κ1) is 14.6. The van der Waals surface area contributed by atoms with Gasteiger partial charge in [0.2, 0.25) is 0 Å². The fraction of sp³-hybridized carbons (Fsp3) is 0.333. The molecule has 1 N–H and O–H groups in total. The number of anilines is 2. The van der Waals surface area contributed by atoms with Gasteiger partial charge in [-0.15, -0.1) is 0 Å². The molecule has 1 heterocycles. The minimum atomic E-state index is 0.442. The highest BCUT2D eigenvalue weighted by Gasteiger charge is 2.07. The van der Waals surface area contributed by atoms with Gasteiger partial charge in [-0.05, 0) is 31.0 Å². The SMILES string of the molecule is CCCc1nc(Cl)cc(Nc2cc(C)ccc2OC)n1. The summed E-state index contributed by atoms with van der Waals surface area (Å²) in [7, 11) is 1.64. The minimum Gasteiger partial charge on any atom is -0.495 e. The van der Waals surface area contributed by atoms with Crippen molar-refractivity contribution in [3.05, 3.63) is 40.8 Å². The Balaban J connectivity index is 2.31. The second-order valence-corrected chi connectivity index (χ2v) is 4.96. The fourth-order valence-corrected chi connectivity index (χ4v) is 2.12. The number of halogens is 1. The first-order valence-corrected chi connectivity index (χ1v) is 6.95. The maximum Gasteiger partial charge on any atom is 0.142 e. The molecule has 1 aromatic carbocycles. The summed E-state index contributed by atoms with van der Waals surface area (Å²) in [4.78, 5) is 8.67. The number of benzene rings is 1. The molecule has 0 radical (unpaired) electrons. The van der Waals surface area contributed by atoms with Crippen LogP contribution in [-0.2, 0) is 6.42 Å². The largest absolute Gasteiger partial charge is 0.495 e. The summed E-state index contributed by atoms with van der Waals surface area (Å²) in [6, 6.07) is 7.64. The van der Waals surface area contributed by atoms with E-state index in [0.29, 0.717) is 11.0 Å². The summed E-state index contributed by atoms with van der Waals surface area (Å²) in [6.45, 7) is 4.11. The van der Waals surface area contributed by atoms with Crippen molar-refractivity contribution in [3.8, 4) is 5.75 Å². The third-order valence-corrected chi connectivity index (χ3v) is 3.03. The van der Waals surface area contributed by atoms with Gasteiger partial charge < -0.3 is 10.1 Å². The standard InChI is InChI=1S/C15H18ClN3O/c1-4-5-14-18-13(16)9-15(19-14)17-11-8-10(2)6-7-12(11)20-3/h6-9H,4-5H2,1-3H3,(H,17,18,19). The van der Waals surface area contributed by atoms with E-state index >= 15 is 0 Å². The highest BCUT2D eigenvalue weighted by molar-refractivity contribution is 6.29. The Morgan fingerprint density at radius 3 is 2.75 bits per heavy atom. The van der Waals surface area contributed by atoms with E-state index in [1.165, 1.54) is 0 Å². The average Bonchev–Trinajstić information content (AvgIpc) is 2.38. The number of aryl methyl sites for hydroxylation is 2. The van der Waals surface area contributed by atoms with E-state index in [9.17, 15) is 0 Å². The van der Waals surface area contributed by atoms with E-state index in [1.807, 2.05) is 25.1 Å². The molecule has 0 spiro atoms. The number of nitrogens with one attached hydrogen (secondary N) is 1. The lowest BCUT2D eigenvalue weighted by atomic mass is 10.2. The van der Waals surface area contributed by atoms with Crippen molar-refractivity contribution >= 4 is 23.1 Å². The molecule has 5 heteroatoms. The van der Waals surface area contributed by atoms with Crippen molar-refractivity contribution in [3.63, 3.8) is 0 Å². The zero-order chi connectivity index (χ0) is 14.5. The van der Waals surface area contributed by atoms with Gasteiger partial charge in [0, 0.05) is 12.5 Å². The number of nitrogens with zero attached hydrogens (tertiary/aromatic N) is 2. The van der Waals surface area contributed by atoms with Gasteiger partial charge in [-0.2, -0.15) is 0 Å². The Morgan fingerprint density at radius 1 is 1.25 bits per heavy atom. The van der Waals surface area contributed by atoms with E-state index < -0.39 is 0 Å². The summed E-state index contributed by atoms with van der Waals surface area (Å²) in [5.74, 6) is 2.19. The molecule has 0 saturated carbocycles. The van der Waals surface area contributed by atoms with Gasteiger partial charge >= 0.3 is 0 Å². The van der Waals surface area contributed by atoms with Crippen molar-refractivity contribution < 1.29 is 4.74 Å². The quantitative estimate of drug-likeness (QED) is 0.841. The van der Waals surface area contributed by atoms with Crippen LogP contribution >= 0.6 is 11.6 Å². The Morgan fingerprint density at radius 2 is 2.05 bits per heavy atom. The predicted molar refractivity (Wildman–Crippen MR) is 82.1 cm³/mol. The molecule has 0 amide bonds. The molecule has 0 unspecified atom stereocenters. The topological polar surface area (TPSA) is 47.0 Å². The van der Waals surface area contributed by atoms with E-state index in [2.05, 4.69) is 22.2 Å². The van der Waals surface area contributed by atoms with Gasteiger partial charge in [-0.25, -0.2) is 9.97 Å². The highest BCUT2D eigenvalue weighted by atomic mass is 35.5. The molecular weight excluding hydrogens is 274 g/mol. The lowest BCUT2D eigenvalue weighted by Crippen LogP contribution is -2.01. The van der Waals surface area contributed by atoms with Gasteiger partial charge in [0.05, 0.1) is 12.8 Å². The van der Waals surface area contributed by atoms with Crippen LogP contribution in [0.2, 0.25) is 5.15 Å². The smallest absolute Gasteiger partial charge is 0.142 e. The minimum absolute atomic E-state index is 0.442. The lowest BCUT2D eigenvalue weighted by Gasteiger charge is -2.12. The highest BCUT2D eigenvalue weighted by Crippen LogP contribution is 2.28. The average molecular weight is 292 g/mol. The first-order valence-electron chi connectivity index (χ1n) is 6.57. The molecule has 106 valence electrons. The normalized spacial score (nSPS) is 10.4. The summed E-state index contributed by atoms with van der Waals surface area (Å²) in [6.07, 6.45) is 1.79. The first-order chi connectivity index (χ1) is 9.62. The van der Waals surface area contributed by atoms with Crippen LogP contribution in [0, 0.1) is 6.92 Å². The molecule has 0 aliphatic carbocycles. The monoisotopic (exact) mass is 291 g/mol. The molecule has 0 fully saturated rings. The van der Waals surface area contributed by atoms with Gasteiger partial charge in [0.15, 0.2) is 0 Å². The van der Waals surface area contributed by atoms with Gasteiger partial charge in [-0.3, -0.25) is 0 Å². The maximum atomic E-state index is 6.03. The van der Waals surface area contributed by atoms with Crippen LogP contribution in [0.5, 0.6) is 5.75 Å². The Hall–Kier alpha value is -1.81. The van der Waals surface area contributed by atoms with Gasteiger partial charge in [-0.1, -0.05) is 24.6 Å². The van der Waals surface area contributed by atoms with E-state index in [1.54, 1.807) is 13.2 Å². The third-order valence-electron chi connectivity index (χ3n) is 2.83. The number of aromatic nitrogens is 2. The second kappa shape index (κ2) is 6.57. The van der Waals surface area contributed by atoms with E-state index in [0.717, 1.165) is 35.7 Å². The Bertz CT molecular complexity index is 602. The zero-order valence-corrected chi connectivity index (χ0v) is 12.7. The third kappa shape index (κ3) is 3.61. The fourth-order valence-electron chi connectivity index (χ4n) is 1.92. The van der Waals surface area contributed by atoms with Crippen molar-refractivity contribution in [1.29, 1.82) is 0 Å². The van der Waals surface area contributed by atoms with Crippen LogP contribution < -0.4 is 10.1 Å². The van der Waals surface area contributed by atoms with Gasteiger partial charge in [0.25, 0.3) is 0 Å². The molecule has 4 nitrogen and oxygen atoms in total. The van der Waals surface area contributed by atoms with Crippen LogP contribution in [0.25, 0.3) is 0 Å². The summed E-state index contributed by atoms with van der Waals surface area (Å²) in [5, 5.41) is 3.69. The molecule has 0 bridgehead atoms. The number of methoxy groups -OCH3 is 1. The van der Waals surface area contributed by atoms with Crippen LogP contribution in [0.15, 0.2) is 24.3 Å². The molecule has 0 aliphatic heterocycles. The van der Waals surface area contributed by atoms with Crippen LogP contribution in [-0.4, -0.2) is 17.1 Å². The van der Waals surface area contributed by atoms with Crippen LogP contribution in [0.3, 0.4) is 0 Å².